The first kappa shape index (κ1) is 15.3. The molecule has 0 aliphatic rings. The maximum absolute atomic E-state index is 5.73. The quantitative estimate of drug-likeness (QED) is 0.844. The molecule has 4 nitrogen and oxygen atoms in total. The summed E-state index contributed by atoms with van der Waals surface area (Å²) >= 11 is 0. The van der Waals surface area contributed by atoms with Crippen LogP contribution in [0.2, 0.25) is 0 Å². The average Bonchev–Trinajstić information content (AvgIpc) is 2.92. The molecule has 21 heavy (non-hydrogen) atoms. The third-order valence-electron chi connectivity index (χ3n) is 3.18. The Morgan fingerprint density at radius 3 is 2.86 bits per heavy atom. The zero-order valence-electron chi connectivity index (χ0n) is 12.9. The molecule has 0 saturated heterocycles. The van der Waals surface area contributed by atoms with Crippen LogP contribution in [0.25, 0.3) is 6.20 Å². The van der Waals surface area contributed by atoms with Crippen molar-refractivity contribution in [1.29, 1.82) is 0 Å². The molecular weight excluding hydrogens is 262 g/mol. The van der Waals surface area contributed by atoms with Gasteiger partial charge in [-0.3, -0.25) is 0 Å². The van der Waals surface area contributed by atoms with Gasteiger partial charge < -0.3 is 10.1 Å². The lowest BCUT2D eigenvalue weighted by Crippen LogP contribution is -2.18. The Hall–Kier alpha value is -2.07. The molecule has 1 aromatic carbocycles. The minimum absolute atomic E-state index is 0.188. The van der Waals surface area contributed by atoms with Gasteiger partial charge in [0.05, 0.1) is 12.3 Å². The molecule has 0 radical (unpaired) electrons. The first-order valence-electron chi connectivity index (χ1n) is 7.24. The van der Waals surface area contributed by atoms with Gasteiger partial charge in [-0.2, -0.15) is 5.10 Å². The van der Waals surface area contributed by atoms with Crippen molar-refractivity contribution in [3.63, 3.8) is 0 Å². The van der Waals surface area contributed by atoms with E-state index < -0.39 is 0 Å². The molecule has 1 unspecified atom stereocenters. The fourth-order valence-corrected chi connectivity index (χ4v) is 2.09. The maximum atomic E-state index is 5.73. The Labute approximate surface area is 126 Å². The van der Waals surface area contributed by atoms with Crippen molar-refractivity contribution in [2.75, 3.05) is 0 Å². The van der Waals surface area contributed by atoms with Crippen molar-refractivity contribution in [1.82, 2.24) is 15.1 Å². The van der Waals surface area contributed by atoms with Gasteiger partial charge in [-0.1, -0.05) is 18.7 Å². The van der Waals surface area contributed by atoms with E-state index in [2.05, 4.69) is 36.1 Å². The van der Waals surface area contributed by atoms with E-state index in [-0.39, 0.29) is 12.1 Å². The van der Waals surface area contributed by atoms with E-state index in [1.165, 1.54) is 5.56 Å². The van der Waals surface area contributed by atoms with Crippen LogP contribution in [0.15, 0.2) is 43.2 Å². The second kappa shape index (κ2) is 7.09. The number of aromatic nitrogens is 2. The summed E-state index contributed by atoms with van der Waals surface area (Å²) in [5.41, 5.74) is 2.35. The summed E-state index contributed by atoms with van der Waals surface area (Å²) in [5.74, 6) is 0.913. The fraction of sp³-hybridized carbons (Fsp3) is 0.353. The van der Waals surface area contributed by atoms with Crippen LogP contribution in [-0.2, 0) is 6.54 Å². The summed E-state index contributed by atoms with van der Waals surface area (Å²) in [6.07, 6.45) is 5.68. The molecule has 2 aromatic rings. The van der Waals surface area contributed by atoms with Gasteiger partial charge in [-0.15, -0.1) is 0 Å². The van der Waals surface area contributed by atoms with E-state index in [4.69, 9.17) is 4.74 Å². The van der Waals surface area contributed by atoms with E-state index in [9.17, 15) is 0 Å². The summed E-state index contributed by atoms with van der Waals surface area (Å²) in [6, 6.07) is 8.46. The van der Waals surface area contributed by atoms with Gasteiger partial charge in [0.15, 0.2) is 0 Å². The van der Waals surface area contributed by atoms with Crippen molar-refractivity contribution >= 4 is 6.20 Å². The zero-order valence-corrected chi connectivity index (χ0v) is 12.9. The molecule has 0 aliphatic carbocycles. The third-order valence-corrected chi connectivity index (χ3v) is 3.18. The van der Waals surface area contributed by atoms with Gasteiger partial charge >= 0.3 is 0 Å². The van der Waals surface area contributed by atoms with Gasteiger partial charge in [0.2, 0.25) is 0 Å². The zero-order chi connectivity index (χ0) is 15.2. The molecule has 1 N–H and O–H groups in total. The second-order valence-corrected chi connectivity index (χ2v) is 5.35. The van der Waals surface area contributed by atoms with Crippen LogP contribution in [0.4, 0.5) is 0 Å². The number of nitrogens with zero attached hydrogens (tertiary/aromatic N) is 2. The molecule has 1 atom stereocenters. The van der Waals surface area contributed by atoms with Crippen molar-refractivity contribution in [2.24, 2.45) is 0 Å². The SMILES string of the molecule is C=Cn1cc(CNC(C)c2cccc(OC(C)C)c2)cn1. The number of rotatable bonds is 7. The van der Waals surface area contributed by atoms with Crippen LogP contribution >= 0.6 is 0 Å². The summed E-state index contributed by atoms with van der Waals surface area (Å²) < 4.78 is 7.44. The van der Waals surface area contributed by atoms with E-state index in [0.29, 0.717) is 0 Å². The highest BCUT2D eigenvalue weighted by molar-refractivity contribution is 5.30. The molecule has 0 amide bonds. The number of nitrogens with one attached hydrogen (secondary N) is 1. The van der Waals surface area contributed by atoms with Crippen LogP contribution in [0.1, 0.15) is 37.9 Å². The second-order valence-electron chi connectivity index (χ2n) is 5.35. The summed E-state index contributed by atoms with van der Waals surface area (Å²) in [5, 5.41) is 7.66. The average molecular weight is 285 g/mol. The van der Waals surface area contributed by atoms with Crippen molar-refractivity contribution in [3.8, 4) is 5.75 Å². The predicted octanol–water partition coefficient (Wildman–Crippen LogP) is 3.62. The minimum Gasteiger partial charge on any atom is -0.491 e. The van der Waals surface area contributed by atoms with E-state index in [1.807, 2.05) is 38.4 Å². The van der Waals surface area contributed by atoms with Gasteiger partial charge in [0.25, 0.3) is 0 Å². The number of benzene rings is 1. The molecule has 0 bridgehead atoms. The highest BCUT2D eigenvalue weighted by Crippen LogP contribution is 2.20. The van der Waals surface area contributed by atoms with Crippen LogP contribution in [-0.4, -0.2) is 15.9 Å². The van der Waals surface area contributed by atoms with Gasteiger partial charge in [0, 0.05) is 30.5 Å². The molecule has 0 fully saturated rings. The minimum atomic E-state index is 0.188. The highest BCUT2D eigenvalue weighted by atomic mass is 16.5. The lowest BCUT2D eigenvalue weighted by molar-refractivity contribution is 0.242. The van der Waals surface area contributed by atoms with E-state index >= 15 is 0 Å². The first-order valence-corrected chi connectivity index (χ1v) is 7.24. The molecular formula is C17H23N3O. The predicted molar refractivity (Wildman–Crippen MR) is 86.1 cm³/mol. The molecule has 0 spiro atoms. The van der Waals surface area contributed by atoms with E-state index in [1.54, 1.807) is 10.9 Å². The summed E-state index contributed by atoms with van der Waals surface area (Å²) in [4.78, 5) is 0. The van der Waals surface area contributed by atoms with Crippen molar-refractivity contribution < 1.29 is 4.74 Å². The third kappa shape index (κ3) is 4.46. The first-order chi connectivity index (χ1) is 10.1. The molecule has 112 valence electrons. The van der Waals surface area contributed by atoms with Gasteiger partial charge in [-0.05, 0) is 38.5 Å². The lowest BCUT2D eigenvalue weighted by Gasteiger charge is -2.16. The molecule has 2 rings (SSSR count). The van der Waals surface area contributed by atoms with Crippen molar-refractivity contribution in [3.05, 3.63) is 54.4 Å². The molecule has 0 aliphatic heterocycles. The topological polar surface area (TPSA) is 39.1 Å². The molecule has 0 saturated carbocycles. The Balaban J connectivity index is 1.96. The lowest BCUT2D eigenvalue weighted by atomic mass is 10.1. The van der Waals surface area contributed by atoms with Gasteiger partial charge in [-0.25, -0.2) is 4.68 Å². The van der Waals surface area contributed by atoms with Gasteiger partial charge in [0.1, 0.15) is 5.75 Å². The normalized spacial score (nSPS) is 12.4. The Morgan fingerprint density at radius 1 is 1.38 bits per heavy atom. The molecule has 1 aromatic heterocycles. The summed E-state index contributed by atoms with van der Waals surface area (Å²) in [6.45, 7) is 10.7. The summed E-state index contributed by atoms with van der Waals surface area (Å²) in [7, 11) is 0. The van der Waals surface area contributed by atoms with Crippen LogP contribution in [0, 0.1) is 0 Å². The van der Waals surface area contributed by atoms with Crippen LogP contribution in [0.3, 0.4) is 0 Å². The monoisotopic (exact) mass is 285 g/mol. The molecule has 1 heterocycles. The number of hydrogen-bond donors (Lipinski definition) is 1. The van der Waals surface area contributed by atoms with Crippen LogP contribution < -0.4 is 10.1 Å². The Kier molecular flexibility index (Phi) is 5.17. The molecule has 4 heteroatoms. The fourth-order valence-electron chi connectivity index (χ4n) is 2.09. The smallest absolute Gasteiger partial charge is 0.120 e. The van der Waals surface area contributed by atoms with E-state index in [0.717, 1.165) is 17.9 Å². The number of ether oxygens (including phenoxy) is 1. The number of hydrogen-bond acceptors (Lipinski definition) is 3. The maximum Gasteiger partial charge on any atom is 0.120 e. The Bertz CT molecular complexity index is 589. The van der Waals surface area contributed by atoms with Crippen LogP contribution in [0.5, 0.6) is 5.75 Å². The standard InChI is InChI=1S/C17H23N3O/c1-5-20-12-15(11-19-20)10-18-14(4)16-7-6-8-17(9-16)21-13(2)3/h5-9,11-14,18H,1,10H2,2-4H3. The largest absolute Gasteiger partial charge is 0.491 e. The van der Waals surface area contributed by atoms with Crippen molar-refractivity contribution in [2.45, 2.75) is 39.5 Å². The highest BCUT2D eigenvalue weighted by Gasteiger charge is 2.07. The Morgan fingerprint density at radius 2 is 2.19 bits per heavy atom.